The van der Waals surface area contributed by atoms with Crippen molar-refractivity contribution in [2.75, 3.05) is 0 Å². The van der Waals surface area contributed by atoms with Crippen molar-refractivity contribution in [3.8, 4) is 11.5 Å². The van der Waals surface area contributed by atoms with E-state index in [1.807, 2.05) is 24.3 Å². The third kappa shape index (κ3) is 6.66. The summed E-state index contributed by atoms with van der Waals surface area (Å²) in [5, 5.41) is 18.6. The fourth-order valence-electron chi connectivity index (χ4n) is 3.12. The molecule has 2 rings (SSSR count). The van der Waals surface area contributed by atoms with Gasteiger partial charge in [0, 0.05) is 0 Å². The Morgan fingerprint density at radius 3 is 1.79 bits per heavy atom. The second-order valence-corrected chi connectivity index (χ2v) is 6.82. The van der Waals surface area contributed by atoms with E-state index in [1.54, 1.807) is 24.3 Å². The van der Waals surface area contributed by atoms with Crippen LogP contribution in [0.25, 0.3) is 0 Å². The summed E-state index contributed by atoms with van der Waals surface area (Å²) in [7, 11) is 0. The average molecular weight is 326 g/mol. The van der Waals surface area contributed by atoms with Crippen LogP contribution >= 0.6 is 0 Å². The van der Waals surface area contributed by atoms with Crippen LogP contribution in [0, 0.1) is 0 Å². The van der Waals surface area contributed by atoms with E-state index in [9.17, 15) is 10.2 Å². The predicted octanol–water partition coefficient (Wildman–Crippen LogP) is 6.17. The summed E-state index contributed by atoms with van der Waals surface area (Å²) in [5.74, 6) is 1.26. The maximum atomic E-state index is 9.33. The van der Waals surface area contributed by atoms with Gasteiger partial charge in [-0.15, -0.1) is 0 Å². The van der Waals surface area contributed by atoms with Crippen LogP contribution in [0.2, 0.25) is 0 Å². The summed E-state index contributed by atoms with van der Waals surface area (Å²) < 4.78 is 0. The number of unbranched alkanes of at least 4 members (excludes halogenated alkanes) is 5. The molecule has 0 spiro atoms. The number of rotatable bonds is 10. The predicted molar refractivity (Wildman–Crippen MR) is 101 cm³/mol. The number of phenolic OH excluding ortho intramolecular Hbond substituents is 2. The molecule has 2 aromatic rings. The number of aromatic hydroxyl groups is 2. The van der Waals surface area contributed by atoms with Crippen LogP contribution < -0.4 is 0 Å². The molecule has 2 N–H and O–H groups in total. The first kappa shape index (κ1) is 18.4. The Labute approximate surface area is 146 Å². The zero-order chi connectivity index (χ0) is 17.2. The van der Waals surface area contributed by atoms with Gasteiger partial charge < -0.3 is 10.2 Å². The molecular formula is C22H30O2. The van der Waals surface area contributed by atoms with Gasteiger partial charge >= 0.3 is 0 Å². The van der Waals surface area contributed by atoms with E-state index < -0.39 is 0 Å². The molecule has 0 saturated heterocycles. The first-order chi connectivity index (χ1) is 11.6. The Morgan fingerprint density at radius 1 is 0.667 bits per heavy atom. The van der Waals surface area contributed by atoms with E-state index >= 15 is 0 Å². The zero-order valence-corrected chi connectivity index (χ0v) is 14.7. The summed E-state index contributed by atoms with van der Waals surface area (Å²) in [6.07, 6.45) is 10.1. The van der Waals surface area contributed by atoms with Crippen molar-refractivity contribution in [1.29, 1.82) is 0 Å². The highest BCUT2D eigenvalue weighted by Crippen LogP contribution is 2.24. The number of benzene rings is 2. The van der Waals surface area contributed by atoms with Crippen LogP contribution in [-0.2, 0) is 6.42 Å². The van der Waals surface area contributed by atoms with Crippen molar-refractivity contribution in [3.63, 3.8) is 0 Å². The fraction of sp³-hybridized carbons (Fsp3) is 0.455. The average Bonchev–Trinajstić information content (AvgIpc) is 2.59. The van der Waals surface area contributed by atoms with E-state index in [1.165, 1.54) is 56.1 Å². The number of phenols is 2. The van der Waals surface area contributed by atoms with Gasteiger partial charge in [-0.25, -0.2) is 0 Å². The Hall–Kier alpha value is -1.96. The molecule has 0 amide bonds. The number of hydrogen-bond donors (Lipinski definition) is 2. The van der Waals surface area contributed by atoms with Gasteiger partial charge in [0.1, 0.15) is 11.5 Å². The van der Waals surface area contributed by atoms with Crippen LogP contribution in [0.15, 0.2) is 48.5 Å². The molecule has 0 saturated carbocycles. The third-order valence-corrected chi connectivity index (χ3v) is 4.75. The normalized spacial score (nSPS) is 12.2. The van der Waals surface area contributed by atoms with E-state index in [0.717, 1.165) is 6.42 Å². The summed E-state index contributed by atoms with van der Waals surface area (Å²) in [4.78, 5) is 0. The molecule has 130 valence electrons. The second kappa shape index (κ2) is 10.0. The molecular weight excluding hydrogens is 296 g/mol. The van der Waals surface area contributed by atoms with Gasteiger partial charge in [-0.05, 0) is 60.6 Å². The minimum absolute atomic E-state index is 0.346. The Balaban J connectivity index is 1.49. The summed E-state index contributed by atoms with van der Waals surface area (Å²) >= 11 is 0. The van der Waals surface area contributed by atoms with Crippen molar-refractivity contribution in [2.24, 2.45) is 0 Å². The van der Waals surface area contributed by atoms with E-state index in [2.05, 4.69) is 6.92 Å². The van der Waals surface area contributed by atoms with Gasteiger partial charge in [-0.1, -0.05) is 63.3 Å². The summed E-state index contributed by atoms with van der Waals surface area (Å²) in [5.41, 5.74) is 2.64. The Morgan fingerprint density at radius 2 is 1.17 bits per heavy atom. The number of hydrogen-bond acceptors (Lipinski definition) is 2. The van der Waals surface area contributed by atoms with Crippen molar-refractivity contribution in [1.82, 2.24) is 0 Å². The fourth-order valence-corrected chi connectivity index (χ4v) is 3.12. The van der Waals surface area contributed by atoms with Crippen molar-refractivity contribution < 1.29 is 10.2 Å². The minimum atomic E-state index is 0.346. The third-order valence-electron chi connectivity index (χ3n) is 4.75. The van der Waals surface area contributed by atoms with Crippen LogP contribution in [0.5, 0.6) is 11.5 Å². The minimum Gasteiger partial charge on any atom is -0.508 e. The highest BCUT2D eigenvalue weighted by Gasteiger charge is 2.05. The molecule has 0 aliphatic carbocycles. The van der Waals surface area contributed by atoms with E-state index in [0.29, 0.717) is 17.4 Å². The second-order valence-electron chi connectivity index (χ2n) is 6.82. The first-order valence-corrected chi connectivity index (χ1v) is 9.22. The topological polar surface area (TPSA) is 40.5 Å². The van der Waals surface area contributed by atoms with Crippen molar-refractivity contribution in [3.05, 3.63) is 59.7 Å². The van der Waals surface area contributed by atoms with Crippen molar-refractivity contribution in [2.45, 2.75) is 64.2 Å². The smallest absolute Gasteiger partial charge is 0.115 e. The highest BCUT2D eigenvalue weighted by molar-refractivity contribution is 5.28. The van der Waals surface area contributed by atoms with E-state index in [-0.39, 0.29) is 0 Å². The zero-order valence-electron chi connectivity index (χ0n) is 14.7. The molecule has 0 aliphatic heterocycles. The molecule has 0 heterocycles. The molecule has 24 heavy (non-hydrogen) atoms. The lowest BCUT2D eigenvalue weighted by Crippen LogP contribution is -1.93. The Kier molecular flexibility index (Phi) is 7.67. The summed E-state index contributed by atoms with van der Waals surface area (Å²) in [6.45, 7) is 2.27. The van der Waals surface area contributed by atoms with Crippen LogP contribution in [-0.4, -0.2) is 10.2 Å². The molecule has 0 radical (unpaired) electrons. The van der Waals surface area contributed by atoms with Crippen LogP contribution in [0.3, 0.4) is 0 Å². The molecule has 0 fully saturated rings. The molecule has 1 unspecified atom stereocenters. The lowest BCUT2D eigenvalue weighted by Gasteiger charge is -2.11. The molecule has 0 aromatic heterocycles. The maximum Gasteiger partial charge on any atom is 0.115 e. The monoisotopic (exact) mass is 326 g/mol. The lowest BCUT2D eigenvalue weighted by molar-refractivity contribution is 0.474. The molecule has 0 bridgehead atoms. The quantitative estimate of drug-likeness (QED) is 0.512. The molecule has 1 atom stereocenters. The SMILES string of the molecule is CC(CCCCCCCCc1ccc(O)cc1)c1ccc(O)cc1. The van der Waals surface area contributed by atoms with Gasteiger partial charge in [0.25, 0.3) is 0 Å². The van der Waals surface area contributed by atoms with Gasteiger partial charge in [-0.3, -0.25) is 0 Å². The van der Waals surface area contributed by atoms with E-state index in [4.69, 9.17) is 0 Å². The largest absolute Gasteiger partial charge is 0.508 e. The van der Waals surface area contributed by atoms with Crippen LogP contribution in [0.1, 0.15) is 68.9 Å². The van der Waals surface area contributed by atoms with Gasteiger partial charge in [0.05, 0.1) is 0 Å². The van der Waals surface area contributed by atoms with Gasteiger partial charge in [0.2, 0.25) is 0 Å². The molecule has 2 aromatic carbocycles. The van der Waals surface area contributed by atoms with Gasteiger partial charge in [-0.2, -0.15) is 0 Å². The highest BCUT2D eigenvalue weighted by atomic mass is 16.3. The van der Waals surface area contributed by atoms with Crippen LogP contribution in [0.4, 0.5) is 0 Å². The maximum absolute atomic E-state index is 9.33. The first-order valence-electron chi connectivity index (χ1n) is 9.22. The molecule has 2 heteroatoms. The summed E-state index contributed by atoms with van der Waals surface area (Å²) in [6, 6.07) is 15.2. The van der Waals surface area contributed by atoms with Crippen molar-refractivity contribution >= 4 is 0 Å². The Bertz CT molecular complexity index is 572. The molecule has 0 aliphatic rings. The standard InChI is InChI=1S/C22H30O2/c1-18(20-12-16-22(24)17-13-20)8-6-4-2-3-5-7-9-19-10-14-21(23)15-11-19/h10-18,23-24H,2-9H2,1H3. The lowest BCUT2D eigenvalue weighted by atomic mass is 9.94. The van der Waals surface area contributed by atoms with Gasteiger partial charge in [0.15, 0.2) is 0 Å². The molecule has 2 nitrogen and oxygen atoms in total. The number of aryl methyl sites for hydroxylation is 1.